The van der Waals surface area contributed by atoms with Crippen LogP contribution in [0.1, 0.15) is 5.56 Å². The van der Waals surface area contributed by atoms with E-state index in [-0.39, 0.29) is 5.75 Å². The Morgan fingerprint density at radius 3 is 2.33 bits per heavy atom. The monoisotopic (exact) mass is 287 g/mol. The van der Waals surface area contributed by atoms with E-state index in [2.05, 4.69) is 6.07 Å². The average Bonchev–Trinajstić information content (AvgIpc) is 2.47. The average molecular weight is 287 g/mol. The highest BCUT2D eigenvalue weighted by Gasteiger charge is 2.30. The molecule has 0 aromatic heterocycles. The minimum Gasteiger partial charge on any atom is -0.456 e. The van der Waals surface area contributed by atoms with Gasteiger partial charge in [-0.2, -0.15) is 13.2 Å². The van der Waals surface area contributed by atoms with E-state index in [1.807, 2.05) is 36.4 Å². The number of alkyl halides is 3. The van der Waals surface area contributed by atoms with Gasteiger partial charge in [0.25, 0.3) is 0 Å². The standard InChI is InChI=1S/C17H10F3O/c18-17(19,20)13-8-10-14(11-9-13)21-16-7-3-5-12-4-1-2-6-15(12)16/h1-10H. The predicted molar refractivity (Wildman–Crippen MR) is 74.3 cm³/mol. The molecule has 0 spiro atoms. The first kappa shape index (κ1) is 13.5. The van der Waals surface area contributed by atoms with Crippen LogP contribution in [0.15, 0.2) is 60.7 Å². The third-order valence-corrected chi connectivity index (χ3v) is 3.08. The predicted octanol–water partition coefficient (Wildman–Crippen LogP) is 5.45. The zero-order valence-electron chi connectivity index (χ0n) is 10.8. The second-order valence-electron chi connectivity index (χ2n) is 4.52. The third-order valence-electron chi connectivity index (χ3n) is 3.08. The molecule has 1 nitrogen and oxygen atoms in total. The van der Waals surface area contributed by atoms with E-state index >= 15 is 0 Å². The molecular formula is C17H10F3O. The van der Waals surface area contributed by atoms with E-state index in [0.717, 1.165) is 22.9 Å². The van der Waals surface area contributed by atoms with E-state index in [1.54, 1.807) is 6.07 Å². The topological polar surface area (TPSA) is 9.23 Å². The van der Waals surface area contributed by atoms with E-state index in [1.165, 1.54) is 6.07 Å². The van der Waals surface area contributed by atoms with Gasteiger partial charge in [-0.25, -0.2) is 0 Å². The molecule has 0 heterocycles. The van der Waals surface area contributed by atoms with Crippen LogP contribution in [0.2, 0.25) is 0 Å². The van der Waals surface area contributed by atoms with Crippen molar-refractivity contribution in [1.29, 1.82) is 0 Å². The quantitative estimate of drug-likeness (QED) is 0.609. The van der Waals surface area contributed by atoms with Crippen LogP contribution >= 0.6 is 0 Å². The van der Waals surface area contributed by atoms with Gasteiger partial charge in [-0.1, -0.05) is 36.4 Å². The number of ether oxygens (including phenoxy) is 1. The van der Waals surface area contributed by atoms with Crippen LogP contribution in [-0.4, -0.2) is 0 Å². The molecule has 0 aliphatic heterocycles. The normalized spacial score (nSPS) is 11.6. The molecule has 0 aliphatic carbocycles. The fraction of sp³-hybridized carbons (Fsp3) is 0.0588. The molecule has 21 heavy (non-hydrogen) atoms. The van der Waals surface area contributed by atoms with Gasteiger partial charge < -0.3 is 4.74 Å². The fourth-order valence-electron chi connectivity index (χ4n) is 2.05. The van der Waals surface area contributed by atoms with Crippen molar-refractivity contribution < 1.29 is 17.9 Å². The number of hydrogen-bond donors (Lipinski definition) is 0. The lowest BCUT2D eigenvalue weighted by Crippen LogP contribution is -2.04. The summed E-state index contributed by atoms with van der Waals surface area (Å²) in [7, 11) is 0. The molecule has 3 aromatic carbocycles. The Labute approximate surface area is 119 Å². The van der Waals surface area contributed by atoms with Crippen molar-refractivity contribution in [3.05, 3.63) is 72.3 Å². The van der Waals surface area contributed by atoms with Crippen molar-refractivity contribution >= 4 is 10.8 Å². The fourth-order valence-corrected chi connectivity index (χ4v) is 2.05. The first-order valence-corrected chi connectivity index (χ1v) is 6.28. The van der Waals surface area contributed by atoms with E-state index in [4.69, 9.17) is 4.74 Å². The zero-order chi connectivity index (χ0) is 14.9. The van der Waals surface area contributed by atoms with Crippen molar-refractivity contribution in [2.24, 2.45) is 0 Å². The van der Waals surface area contributed by atoms with Gasteiger partial charge in [0.1, 0.15) is 11.5 Å². The minimum absolute atomic E-state index is 0.249. The highest BCUT2D eigenvalue weighted by molar-refractivity contribution is 5.88. The Bertz CT molecular complexity index is 756. The molecule has 105 valence electrons. The van der Waals surface area contributed by atoms with Gasteiger partial charge in [0.15, 0.2) is 0 Å². The smallest absolute Gasteiger partial charge is 0.416 e. The third kappa shape index (κ3) is 2.84. The van der Waals surface area contributed by atoms with Crippen molar-refractivity contribution in [3.63, 3.8) is 0 Å². The maximum Gasteiger partial charge on any atom is 0.416 e. The molecule has 0 amide bonds. The highest BCUT2D eigenvalue weighted by Crippen LogP contribution is 2.33. The lowest BCUT2D eigenvalue weighted by Gasteiger charge is -2.10. The Balaban J connectivity index is 1.92. The van der Waals surface area contributed by atoms with Crippen LogP contribution in [0.5, 0.6) is 11.5 Å². The van der Waals surface area contributed by atoms with Crippen LogP contribution in [0.4, 0.5) is 13.2 Å². The summed E-state index contributed by atoms with van der Waals surface area (Å²) in [5.41, 5.74) is -0.743. The van der Waals surface area contributed by atoms with E-state index in [9.17, 15) is 13.2 Å². The Morgan fingerprint density at radius 1 is 0.857 bits per heavy atom. The van der Waals surface area contributed by atoms with E-state index in [0.29, 0.717) is 5.75 Å². The van der Waals surface area contributed by atoms with Crippen LogP contribution in [0.3, 0.4) is 0 Å². The van der Waals surface area contributed by atoms with Crippen LogP contribution in [-0.2, 0) is 6.18 Å². The number of hydrogen-bond acceptors (Lipinski definition) is 1. The Morgan fingerprint density at radius 2 is 1.62 bits per heavy atom. The zero-order valence-corrected chi connectivity index (χ0v) is 10.8. The minimum atomic E-state index is -4.37. The lowest BCUT2D eigenvalue weighted by molar-refractivity contribution is -0.137. The molecule has 4 heteroatoms. The maximum absolute atomic E-state index is 12.5. The van der Waals surface area contributed by atoms with Crippen LogP contribution < -0.4 is 4.74 Å². The number of halogens is 3. The van der Waals surface area contributed by atoms with Crippen molar-refractivity contribution in [1.82, 2.24) is 0 Å². The molecule has 0 unspecified atom stereocenters. The summed E-state index contributed by atoms with van der Waals surface area (Å²) in [6.45, 7) is 0. The summed E-state index contributed by atoms with van der Waals surface area (Å²) in [6.07, 6.45) is -4.37. The van der Waals surface area contributed by atoms with Crippen molar-refractivity contribution in [3.8, 4) is 11.5 Å². The summed E-state index contributed by atoms with van der Waals surface area (Å²) in [4.78, 5) is 0. The second kappa shape index (κ2) is 5.13. The molecule has 0 aliphatic rings. The van der Waals surface area contributed by atoms with Crippen LogP contribution in [0.25, 0.3) is 10.8 Å². The van der Waals surface area contributed by atoms with Gasteiger partial charge in [-0.05, 0) is 29.7 Å². The van der Waals surface area contributed by atoms with E-state index < -0.39 is 11.7 Å². The number of rotatable bonds is 2. The first-order chi connectivity index (χ1) is 10.0. The summed E-state index contributed by atoms with van der Waals surface area (Å²) < 4.78 is 43.1. The molecule has 0 fully saturated rings. The molecule has 0 bridgehead atoms. The molecule has 3 rings (SSSR count). The van der Waals surface area contributed by atoms with Crippen molar-refractivity contribution in [2.45, 2.75) is 6.18 Å². The SMILES string of the molecule is FC(F)(F)c1c[c]c(Oc2cccc3ccccc23)cc1. The molecule has 1 radical (unpaired) electrons. The van der Waals surface area contributed by atoms with Crippen LogP contribution in [0, 0.1) is 6.07 Å². The summed E-state index contributed by atoms with van der Waals surface area (Å²) >= 11 is 0. The number of benzene rings is 3. The number of fused-ring (bicyclic) bond motifs is 1. The summed E-state index contributed by atoms with van der Waals surface area (Å²) in [5.74, 6) is 0.837. The summed E-state index contributed by atoms with van der Waals surface area (Å²) in [6, 6.07) is 18.8. The molecule has 0 saturated carbocycles. The van der Waals surface area contributed by atoms with Gasteiger partial charge in [-0.15, -0.1) is 0 Å². The molecular weight excluding hydrogens is 277 g/mol. The largest absolute Gasteiger partial charge is 0.456 e. The molecule has 3 aromatic rings. The Hall–Kier alpha value is -2.49. The molecule has 0 atom stereocenters. The lowest BCUT2D eigenvalue weighted by atomic mass is 10.1. The highest BCUT2D eigenvalue weighted by atomic mass is 19.4. The molecule has 0 saturated heterocycles. The second-order valence-corrected chi connectivity index (χ2v) is 4.52. The van der Waals surface area contributed by atoms with Gasteiger partial charge in [0.2, 0.25) is 0 Å². The maximum atomic E-state index is 12.5. The van der Waals surface area contributed by atoms with Gasteiger partial charge in [-0.3, -0.25) is 0 Å². The first-order valence-electron chi connectivity index (χ1n) is 6.28. The van der Waals surface area contributed by atoms with Gasteiger partial charge in [0, 0.05) is 11.5 Å². The Kier molecular flexibility index (Phi) is 3.29. The van der Waals surface area contributed by atoms with Crippen molar-refractivity contribution in [2.75, 3.05) is 0 Å². The van der Waals surface area contributed by atoms with Gasteiger partial charge in [0.05, 0.1) is 5.56 Å². The summed E-state index contributed by atoms with van der Waals surface area (Å²) in [5, 5.41) is 1.90. The molecule has 0 N–H and O–H groups in total. The van der Waals surface area contributed by atoms with Gasteiger partial charge >= 0.3 is 6.18 Å².